The lowest BCUT2D eigenvalue weighted by Gasteiger charge is -2.04. The van der Waals surface area contributed by atoms with E-state index >= 15 is 0 Å². The van der Waals surface area contributed by atoms with Crippen LogP contribution in [0.5, 0.6) is 0 Å². The van der Waals surface area contributed by atoms with E-state index in [1.54, 1.807) is 6.07 Å². The Kier molecular flexibility index (Phi) is 4.01. The Balaban J connectivity index is 3.41. The molecule has 0 aliphatic rings. The van der Waals surface area contributed by atoms with Gasteiger partial charge in [-0.15, -0.1) is 11.6 Å². The first kappa shape index (κ1) is 12.9. The van der Waals surface area contributed by atoms with Crippen LogP contribution in [0.1, 0.15) is 16.7 Å². The first-order valence-corrected chi connectivity index (χ1v) is 5.01. The van der Waals surface area contributed by atoms with E-state index < -0.39 is 16.6 Å². The highest BCUT2D eigenvalue weighted by atomic mass is 35.5. The number of nitrogens with zero attached hydrogens (tertiary/aromatic N) is 2. The molecule has 0 amide bonds. The number of hydrogen-bond acceptors (Lipinski definition) is 4. The van der Waals surface area contributed by atoms with E-state index in [1.807, 2.05) is 0 Å². The zero-order chi connectivity index (χ0) is 13.0. The Morgan fingerprint density at radius 1 is 1.59 bits per heavy atom. The summed E-state index contributed by atoms with van der Waals surface area (Å²) in [4.78, 5) is 20.6. The van der Waals surface area contributed by atoms with Crippen molar-refractivity contribution in [1.29, 1.82) is 5.26 Å². The number of rotatable bonds is 4. The molecule has 1 aromatic carbocycles. The second-order valence-electron chi connectivity index (χ2n) is 3.22. The molecule has 1 N–H and O–H groups in total. The summed E-state index contributed by atoms with van der Waals surface area (Å²) in [6.45, 7) is 0. The van der Waals surface area contributed by atoms with Crippen LogP contribution in [0.15, 0.2) is 12.1 Å². The summed E-state index contributed by atoms with van der Waals surface area (Å²) in [5.74, 6) is -1.19. The van der Waals surface area contributed by atoms with Gasteiger partial charge in [0, 0.05) is 11.9 Å². The minimum atomic E-state index is -1.11. The van der Waals surface area contributed by atoms with Gasteiger partial charge in [-0.3, -0.25) is 14.9 Å². The number of carboxylic acids is 1. The number of benzene rings is 1. The Bertz CT molecular complexity index is 522. The van der Waals surface area contributed by atoms with Crippen molar-refractivity contribution in [1.82, 2.24) is 0 Å². The molecule has 0 bridgehead atoms. The van der Waals surface area contributed by atoms with E-state index in [4.69, 9.17) is 22.0 Å². The van der Waals surface area contributed by atoms with Crippen molar-refractivity contribution in [2.45, 2.75) is 12.3 Å². The van der Waals surface area contributed by atoms with Gasteiger partial charge in [0.15, 0.2) is 0 Å². The van der Waals surface area contributed by atoms with Crippen molar-refractivity contribution < 1.29 is 14.8 Å². The zero-order valence-corrected chi connectivity index (χ0v) is 9.27. The van der Waals surface area contributed by atoms with Gasteiger partial charge in [0.05, 0.1) is 11.3 Å². The fourth-order valence-electron chi connectivity index (χ4n) is 1.41. The van der Waals surface area contributed by atoms with Gasteiger partial charge < -0.3 is 5.11 Å². The first-order valence-electron chi connectivity index (χ1n) is 4.47. The standard InChI is InChI=1S/C10H7ClN2O4/c11-4-7-1-6(3-10(14)15)2-9(13(16)17)8(7)5-12/h1-2H,3-4H2,(H,14,15). The molecule has 0 aliphatic heterocycles. The highest BCUT2D eigenvalue weighted by molar-refractivity contribution is 6.17. The molecule has 0 fully saturated rings. The number of carbonyl (C=O) groups is 1. The lowest BCUT2D eigenvalue weighted by molar-refractivity contribution is -0.385. The number of alkyl halides is 1. The van der Waals surface area contributed by atoms with Gasteiger partial charge in [0.2, 0.25) is 0 Å². The van der Waals surface area contributed by atoms with Gasteiger partial charge in [-0.1, -0.05) is 6.07 Å². The summed E-state index contributed by atoms with van der Waals surface area (Å²) in [5, 5.41) is 28.2. The average molecular weight is 255 g/mol. The van der Waals surface area contributed by atoms with Gasteiger partial charge in [0.1, 0.15) is 11.6 Å². The van der Waals surface area contributed by atoms with E-state index in [9.17, 15) is 14.9 Å². The van der Waals surface area contributed by atoms with Crippen LogP contribution in [0, 0.1) is 21.4 Å². The molecule has 0 unspecified atom stereocenters. The van der Waals surface area contributed by atoms with Crippen LogP contribution in [0.4, 0.5) is 5.69 Å². The topological polar surface area (TPSA) is 104 Å². The fraction of sp³-hybridized carbons (Fsp3) is 0.200. The molecule has 1 rings (SSSR count). The van der Waals surface area contributed by atoms with Gasteiger partial charge >= 0.3 is 5.97 Å². The number of aliphatic carboxylic acids is 1. The SMILES string of the molecule is N#Cc1c(CCl)cc(CC(=O)O)cc1[N+](=O)[O-]. The van der Waals surface area contributed by atoms with Crippen LogP contribution in [0.25, 0.3) is 0 Å². The molecule has 0 heterocycles. The minimum absolute atomic E-state index is 0.0861. The Morgan fingerprint density at radius 3 is 2.65 bits per heavy atom. The molecule has 0 radical (unpaired) electrons. The smallest absolute Gasteiger partial charge is 0.307 e. The zero-order valence-electron chi connectivity index (χ0n) is 8.51. The maximum absolute atomic E-state index is 10.8. The number of nitro benzene ring substituents is 1. The van der Waals surface area contributed by atoms with Gasteiger partial charge in [0.25, 0.3) is 5.69 Å². The van der Waals surface area contributed by atoms with Crippen molar-refractivity contribution >= 4 is 23.3 Å². The van der Waals surface area contributed by atoms with E-state index in [0.717, 1.165) is 6.07 Å². The monoisotopic (exact) mass is 254 g/mol. The molecular weight excluding hydrogens is 248 g/mol. The normalized spacial score (nSPS) is 9.65. The lowest BCUT2D eigenvalue weighted by Crippen LogP contribution is -2.04. The lowest BCUT2D eigenvalue weighted by atomic mass is 10.0. The van der Waals surface area contributed by atoms with Crippen LogP contribution < -0.4 is 0 Å². The van der Waals surface area contributed by atoms with Crippen LogP contribution in [0.3, 0.4) is 0 Å². The number of nitro groups is 1. The molecule has 6 nitrogen and oxygen atoms in total. The molecule has 0 aliphatic carbocycles. The predicted octanol–water partition coefficient (Wildman–Crippen LogP) is 1.83. The van der Waals surface area contributed by atoms with Crippen molar-refractivity contribution in [2.24, 2.45) is 0 Å². The van der Waals surface area contributed by atoms with Crippen LogP contribution in [-0.4, -0.2) is 16.0 Å². The van der Waals surface area contributed by atoms with Crippen molar-refractivity contribution in [2.75, 3.05) is 0 Å². The maximum Gasteiger partial charge on any atom is 0.307 e. The highest BCUT2D eigenvalue weighted by Gasteiger charge is 2.19. The fourth-order valence-corrected chi connectivity index (χ4v) is 1.62. The summed E-state index contributed by atoms with van der Waals surface area (Å²) >= 11 is 5.57. The third-order valence-electron chi connectivity index (χ3n) is 2.07. The third-order valence-corrected chi connectivity index (χ3v) is 2.35. The van der Waals surface area contributed by atoms with E-state index in [1.165, 1.54) is 6.07 Å². The molecule has 88 valence electrons. The van der Waals surface area contributed by atoms with E-state index in [2.05, 4.69) is 0 Å². The molecule has 7 heteroatoms. The van der Waals surface area contributed by atoms with Crippen LogP contribution in [-0.2, 0) is 17.1 Å². The van der Waals surface area contributed by atoms with E-state index in [0.29, 0.717) is 0 Å². The van der Waals surface area contributed by atoms with Gasteiger partial charge in [-0.25, -0.2) is 0 Å². The summed E-state index contributed by atoms with van der Waals surface area (Å²) in [6, 6.07) is 4.18. The van der Waals surface area contributed by atoms with Crippen molar-refractivity contribution in [3.63, 3.8) is 0 Å². The summed E-state index contributed by atoms with van der Waals surface area (Å²) < 4.78 is 0. The molecule has 0 atom stereocenters. The Labute approximate surface area is 101 Å². The second kappa shape index (κ2) is 5.27. The van der Waals surface area contributed by atoms with Gasteiger partial charge in [-0.05, 0) is 11.1 Å². The average Bonchev–Trinajstić information content (AvgIpc) is 2.26. The molecular formula is C10H7ClN2O4. The number of halogens is 1. The third kappa shape index (κ3) is 2.92. The van der Waals surface area contributed by atoms with Crippen molar-refractivity contribution in [3.8, 4) is 6.07 Å². The Hall–Kier alpha value is -2.13. The largest absolute Gasteiger partial charge is 0.481 e. The predicted molar refractivity (Wildman–Crippen MR) is 58.7 cm³/mol. The summed E-state index contributed by atoms with van der Waals surface area (Å²) in [5.41, 5.74) is -0.0282. The van der Waals surface area contributed by atoms with Gasteiger partial charge in [-0.2, -0.15) is 5.26 Å². The van der Waals surface area contributed by atoms with E-state index in [-0.39, 0.29) is 29.0 Å². The second-order valence-corrected chi connectivity index (χ2v) is 3.49. The first-order chi connectivity index (χ1) is 7.99. The summed E-state index contributed by atoms with van der Waals surface area (Å²) in [6.07, 6.45) is -0.351. The Morgan fingerprint density at radius 2 is 2.24 bits per heavy atom. The van der Waals surface area contributed by atoms with Crippen LogP contribution >= 0.6 is 11.6 Å². The number of nitriles is 1. The quantitative estimate of drug-likeness (QED) is 0.501. The molecule has 0 spiro atoms. The molecule has 1 aromatic rings. The molecule has 0 saturated carbocycles. The molecule has 0 saturated heterocycles. The molecule has 17 heavy (non-hydrogen) atoms. The highest BCUT2D eigenvalue weighted by Crippen LogP contribution is 2.25. The minimum Gasteiger partial charge on any atom is -0.481 e. The maximum atomic E-state index is 10.8. The number of carboxylic acid groups (broad SMARTS) is 1. The summed E-state index contributed by atoms with van der Waals surface area (Å²) in [7, 11) is 0. The number of hydrogen-bond donors (Lipinski definition) is 1. The van der Waals surface area contributed by atoms with Crippen molar-refractivity contribution in [3.05, 3.63) is 38.9 Å². The molecule has 0 aromatic heterocycles. The van der Waals surface area contributed by atoms with Crippen LogP contribution in [0.2, 0.25) is 0 Å².